The van der Waals surface area contributed by atoms with Crippen molar-refractivity contribution >= 4 is 17.5 Å². The van der Waals surface area contributed by atoms with Gasteiger partial charge >= 0.3 is 0 Å². The van der Waals surface area contributed by atoms with Crippen molar-refractivity contribution in [2.24, 2.45) is 0 Å². The van der Waals surface area contributed by atoms with Crippen molar-refractivity contribution in [1.82, 2.24) is 5.32 Å². The summed E-state index contributed by atoms with van der Waals surface area (Å²) in [7, 11) is 1.59. The van der Waals surface area contributed by atoms with Gasteiger partial charge in [0.1, 0.15) is 6.61 Å². The molecule has 0 aliphatic heterocycles. The Balaban J connectivity index is 3.47. The summed E-state index contributed by atoms with van der Waals surface area (Å²) in [6.07, 6.45) is 0.755. The molecule has 15 heavy (non-hydrogen) atoms. The Hall–Kier alpha value is -0.320. The molecule has 0 saturated carbocycles. The molecule has 0 aliphatic rings. The Morgan fingerprint density at radius 3 is 2.60 bits per heavy atom. The van der Waals surface area contributed by atoms with E-state index in [1.54, 1.807) is 7.11 Å². The van der Waals surface area contributed by atoms with E-state index in [1.807, 2.05) is 13.8 Å². The van der Waals surface area contributed by atoms with Crippen LogP contribution < -0.4 is 5.32 Å². The van der Waals surface area contributed by atoms with Gasteiger partial charge in [0.2, 0.25) is 5.91 Å². The van der Waals surface area contributed by atoms with Crippen molar-refractivity contribution < 1.29 is 14.3 Å². The Morgan fingerprint density at radius 1 is 1.40 bits per heavy atom. The van der Waals surface area contributed by atoms with Gasteiger partial charge in [-0.3, -0.25) is 4.79 Å². The van der Waals surface area contributed by atoms with Crippen LogP contribution in [0.25, 0.3) is 0 Å². The lowest BCUT2D eigenvalue weighted by Crippen LogP contribution is -2.36. The Morgan fingerprint density at radius 2 is 2.07 bits per heavy atom. The molecule has 0 aromatic heterocycles. The summed E-state index contributed by atoms with van der Waals surface area (Å²) < 4.78 is 9.85. The first-order valence-electron chi connectivity index (χ1n) is 5.06. The Kier molecular flexibility index (Phi) is 8.76. The molecule has 0 radical (unpaired) electrons. The lowest BCUT2D eigenvalue weighted by Gasteiger charge is -2.14. The molecular weight excluding hydrogens is 218 g/mol. The van der Waals surface area contributed by atoms with E-state index in [-0.39, 0.29) is 23.9 Å². The van der Waals surface area contributed by atoms with Crippen LogP contribution in [0.4, 0.5) is 0 Å². The molecule has 4 nitrogen and oxygen atoms in total. The largest absolute Gasteiger partial charge is 0.382 e. The summed E-state index contributed by atoms with van der Waals surface area (Å²) in [4.78, 5) is 11.3. The number of ether oxygens (including phenoxy) is 2. The maximum atomic E-state index is 11.3. The molecule has 0 heterocycles. The van der Waals surface area contributed by atoms with Crippen LogP contribution in [0.2, 0.25) is 0 Å². The minimum Gasteiger partial charge on any atom is -0.382 e. The van der Waals surface area contributed by atoms with E-state index >= 15 is 0 Å². The van der Waals surface area contributed by atoms with Gasteiger partial charge < -0.3 is 14.8 Å². The van der Waals surface area contributed by atoms with Gasteiger partial charge in [0.25, 0.3) is 0 Å². The molecule has 0 aromatic rings. The highest BCUT2D eigenvalue weighted by atomic mass is 35.5. The predicted octanol–water partition coefficient (Wildman–Crippen LogP) is 1.17. The van der Waals surface area contributed by atoms with E-state index in [4.69, 9.17) is 21.1 Å². The summed E-state index contributed by atoms with van der Waals surface area (Å²) >= 11 is 5.80. The van der Waals surface area contributed by atoms with Crippen molar-refractivity contribution in [3.05, 3.63) is 0 Å². The van der Waals surface area contributed by atoms with E-state index in [1.165, 1.54) is 0 Å². The molecule has 1 N–H and O–H groups in total. The third-order valence-electron chi connectivity index (χ3n) is 1.75. The molecule has 0 bridgehead atoms. The topological polar surface area (TPSA) is 47.6 Å². The molecule has 0 spiro atoms. The third kappa shape index (κ3) is 9.97. The van der Waals surface area contributed by atoms with Crippen molar-refractivity contribution in [2.75, 3.05) is 26.9 Å². The monoisotopic (exact) mass is 237 g/mol. The number of rotatable bonds is 8. The van der Waals surface area contributed by atoms with Gasteiger partial charge in [-0.15, -0.1) is 11.6 Å². The number of halogens is 1. The Labute approximate surface area is 96.3 Å². The second-order valence-corrected chi connectivity index (χ2v) is 4.28. The quantitative estimate of drug-likeness (QED) is 0.509. The second-order valence-electron chi connectivity index (χ2n) is 3.53. The lowest BCUT2D eigenvalue weighted by atomic mass is 10.2. The molecule has 1 amide bonds. The summed E-state index contributed by atoms with van der Waals surface area (Å²) in [5.74, 6) is -0.115. The van der Waals surface area contributed by atoms with E-state index in [0.29, 0.717) is 13.2 Å². The minimum absolute atomic E-state index is 0.0645. The van der Waals surface area contributed by atoms with Crippen LogP contribution in [-0.2, 0) is 14.3 Å². The highest BCUT2D eigenvalue weighted by Crippen LogP contribution is 2.03. The second kappa shape index (κ2) is 8.95. The zero-order chi connectivity index (χ0) is 11.7. The number of hydrogen-bond acceptors (Lipinski definition) is 3. The summed E-state index contributed by atoms with van der Waals surface area (Å²) in [6, 6.07) is 0.0797. The fourth-order valence-electron chi connectivity index (χ4n) is 1.17. The van der Waals surface area contributed by atoms with E-state index in [0.717, 1.165) is 6.42 Å². The average Bonchev–Trinajstić information content (AvgIpc) is 2.10. The van der Waals surface area contributed by atoms with Crippen LogP contribution >= 0.6 is 11.6 Å². The number of methoxy groups -OCH3 is 1. The van der Waals surface area contributed by atoms with Crippen molar-refractivity contribution in [3.63, 3.8) is 0 Å². The zero-order valence-corrected chi connectivity index (χ0v) is 10.3. The molecule has 0 saturated heterocycles. The van der Waals surface area contributed by atoms with E-state index in [9.17, 15) is 4.79 Å². The van der Waals surface area contributed by atoms with Crippen LogP contribution in [0.1, 0.15) is 20.3 Å². The van der Waals surface area contributed by atoms with Gasteiger partial charge in [-0.25, -0.2) is 0 Å². The summed E-state index contributed by atoms with van der Waals surface area (Å²) in [5, 5.41) is 2.86. The van der Waals surface area contributed by atoms with Crippen LogP contribution in [0.5, 0.6) is 0 Å². The minimum atomic E-state index is -0.115. The number of carbonyl (C=O) groups is 1. The van der Waals surface area contributed by atoms with Crippen molar-refractivity contribution in [3.8, 4) is 0 Å². The van der Waals surface area contributed by atoms with Gasteiger partial charge in [0, 0.05) is 18.5 Å². The summed E-state index contributed by atoms with van der Waals surface area (Å²) in [5.41, 5.74) is 0. The normalized spacial score (nSPS) is 14.7. The molecule has 5 heteroatoms. The predicted molar refractivity (Wildman–Crippen MR) is 60.2 cm³/mol. The molecule has 2 atom stereocenters. The SMILES string of the molecule is COCCOCC(=O)NC(C)CC(C)Cl. The van der Waals surface area contributed by atoms with Gasteiger partial charge in [0.05, 0.1) is 13.2 Å². The van der Waals surface area contributed by atoms with Gasteiger partial charge in [0.15, 0.2) is 0 Å². The molecule has 2 unspecified atom stereocenters. The molecule has 0 aliphatic carbocycles. The maximum absolute atomic E-state index is 11.3. The smallest absolute Gasteiger partial charge is 0.246 e. The van der Waals surface area contributed by atoms with Crippen molar-refractivity contribution in [2.45, 2.75) is 31.7 Å². The molecule has 90 valence electrons. The van der Waals surface area contributed by atoms with E-state index < -0.39 is 0 Å². The van der Waals surface area contributed by atoms with E-state index in [2.05, 4.69) is 5.32 Å². The Bertz CT molecular complexity index is 176. The van der Waals surface area contributed by atoms with Gasteiger partial charge in [-0.1, -0.05) is 0 Å². The van der Waals surface area contributed by atoms with Crippen molar-refractivity contribution in [1.29, 1.82) is 0 Å². The van der Waals surface area contributed by atoms with Crippen LogP contribution in [0.3, 0.4) is 0 Å². The molecule has 0 aromatic carbocycles. The first-order valence-corrected chi connectivity index (χ1v) is 5.50. The third-order valence-corrected chi connectivity index (χ3v) is 1.93. The first-order chi connectivity index (χ1) is 7.06. The average molecular weight is 238 g/mol. The first kappa shape index (κ1) is 14.7. The maximum Gasteiger partial charge on any atom is 0.246 e. The highest BCUT2D eigenvalue weighted by molar-refractivity contribution is 6.20. The number of alkyl halides is 1. The number of hydrogen-bond donors (Lipinski definition) is 1. The fourth-order valence-corrected chi connectivity index (χ4v) is 1.44. The van der Waals surface area contributed by atoms with Crippen LogP contribution in [0.15, 0.2) is 0 Å². The highest BCUT2D eigenvalue weighted by Gasteiger charge is 2.09. The molecular formula is C10H20ClNO3. The molecule has 0 fully saturated rings. The molecule has 0 rings (SSSR count). The van der Waals surface area contributed by atoms with Crippen LogP contribution in [-0.4, -0.2) is 44.3 Å². The standard InChI is InChI=1S/C10H20ClNO3/c1-8(11)6-9(2)12-10(13)7-15-5-4-14-3/h8-9H,4-7H2,1-3H3,(H,12,13). The number of carbonyl (C=O) groups excluding carboxylic acids is 1. The van der Waals surface area contributed by atoms with Crippen LogP contribution in [0, 0.1) is 0 Å². The van der Waals surface area contributed by atoms with Gasteiger partial charge in [-0.05, 0) is 20.3 Å². The lowest BCUT2D eigenvalue weighted by molar-refractivity contribution is -0.126. The number of amides is 1. The van der Waals surface area contributed by atoms with Gasteiger partial charge in [-0.2, -0.15) is 0 Å². The fraction of sp³-hybridized carbons (Fsp3) is 0.900. The zero-order valence-electron chi connectivity index (χ0n) is 9.59. The number of nitrogens with one attached hydrogen (secondary N) is 1. The summed E-state index contributed by atoms with van der Waals surface area (Å²) in [6.45, 7) is 4.83.